The van der Waals surface area contributed by atoms with Gasteiger partial charge >= 0.3 is 5.97 Å². The maximum atomic E-state index is 13.6. The van der Waals surface area contributed by atoms with Gasteiger partial charge in [-0.15, -0.1) is 0 Å². The number of hydrogen-bond acceptors (Lipinski definition) is 8. The average molecular weight is 586 g/mol. The molecule has 1 atom stereocenters. The second-order valence-electron chi connectivity index (χ2n) is 9.09. The Morgan fingerprint density at radius 3 is 2.47 bits per heavy atom. The van der Waals surface area contributed by atoms with Crippen LogP contribution < -0.4 is 19.8 Å². The number of fused-ring (bicyclic) bond motifs is 1. The van der Waals surface area contributed by atoms with Crippen LogP contribution in [-0.4, -0.2) is 48.8 Å². The van der Waals surface area contributed by atoms with Crippen LogP contribution in [-0.2, 0) is 9.53 Å². The van der Waals surface area contributed by atoms with Crippen molar-refractivity contribution in [3.63, 3.8) is 0 Å². The van der Waals surface area contributed by atoms with Crippen LogP contribution in [0.15, 0.2) is 44.7 Å². The third kappa shape index (κ3) is 6.01. The van der Waals surface area contributed by atoms with Gasteiger partial charge in [0.25, 0.3) is 5.56 Å². The molecule has 0 aliphatic heterocycles. The highest BCUT2D eigenvalue weighted by Gasteiger charge is 2.24. The highest BCUT2D eigenvalue weighted by molar-refractivity contribution is 9.10. The van der Waals surface area contributed by atoms with E-state index in [1.165, 1.54) is 25.3 Å². The van der Waals surface area contributed by atoms with Crippen molar-refractivity contribution in [2.24, 2.45) is 5.10 Å². The zero-order chi connectivity index (χ0) is 27.2. The number of carbonyl (C=O) groups excluding carboxylic acids is 1. The zero-order valence-electron chi connectivity index (χ0n) is 22.0. The molecule has 9 nitrogen and oxygen atoms in total. The number of benzene rings is 2. The smallest absolute Gasteiger partial charge is 0.347 e. The minimum Gasteiger partial charge on any atom is -0.493 e. The summed E-state index contributed by atoms with van der Waals surface area (Å²) >= 11 is 3.45. The third-order valence-electron chi connectivity index (χ3n) is 6.52. The monoisotopic (exact) mass is 585 g/mol. The summed E-state index contributed by atoms with van der Waals surface area (Å²) in [4.78, 5) is 30.5. The maximum Gasteiger partial charge on any atom is 0.347 e. The zero-order valence-corrected chi connectivity index (χ0v) is 23.6. The average Bonchev–Trinajstić information content (AvgIpc) is 2.93. The SMILES string of the molecule is CCOC(=O)[C@H](C)Oc1c(OC)cc(C=Nn2c(C3CCCCC3)nc3ccc(Br)cc3c2=O)cc1OC. The number of carbonyl (C=O) groups is 1. The first kappa shape index (κ1) is 27.6. The van der Waals surface area contributed by atoms with Gasteiger partial charge in [0.2, 0.25) is 5.75 Å². The molecular formula is C28H32BrN3O6. The molecule has 1 saturated carbocycles. The van der Waals surface area contributed by atoms with Crippen LogP contribution in [0, 0.1) is 0 Å². The third-order valence-corrected chi connectivity index (χ3v) is 7.02. The summed E-state index contributed by atoms with van der Waals surface area (Å²) < 4.78 is 24.1. The van der Waals surface area contributed by atoms with Gasteiger partial charge < -0.3 is 18.9 Å². The van der Waals surface area contributed by atoms with E-state index in [-0.39, 0.29) is 23.8 Å². The Balaban J connectivity index is 1.76. The second kappa shape index (κ2) is 12.4. The lowest BCUT2D eigenvalue weighted by atomic mass is 9.88. The molecule has 38 heavy (non-hydrogen) atoms. The number of nitrogens with zero attached hydrogens (tertiary/aromatic N) is 3. The fourth-order valence-corrected chi connectivity index (χ4v) is 4.96. The van der Waals surface area contributed by atoms with E-state index in [0.29, 0.717) is 33.8 Å². The molecule has 10 heteroatoms. The lowest BCUT2D eigenvalue weighted by molar-refractivity contribution is -0.150. The van der Waals surface area contributed by atoms with E-state index in [1.54, 1.807) is 38.3 Å². The topological polar surface area (TPSA) is 101 Å². The lowest BCUT2D eigenvalue weighted by Crippen LogP contribution is -2.26. The van der Waals surface area contributed by atoms with Crippen molar-refractivity contribution in [1.29, 1.82) is 0 Å². The normalized spacial score (nSPS) is 15.0. The van der Waals surface area contributed by atoms with E-state index >= 15 is 0 Å². The summed E-state index contributed by atoms with van der Waals surface area (Å²) in [5.41, 5.74) is 1.05. The Bertz CT molecular complexity index is 1370. The number of ether oxygens (including phenoxy) is 4. The molecule has 0 N–H and O–H groups in total. The van der Waals surface area contributed by atoms with Gasteiger partial charge in [-0.25, -0.2) is 9.78 Å². The van der Waals surface area contributed by atoms with Crippen molar-refractivity contribution < 1.29 is 23.7 Å². The molecule has 0 spiro atoms. The van der Waals surface area contributed by atoms with Gasteiger partial charge in [0.15, 0.2) is 17.6 Å². The van der Waals surface area contributed by atoms with E-state index < -0.39 is 12.1 Å². The summed E-state index contributed by atoms with van der Waals surface area (Å²) in [6.45, 7) is 3.57. The van der Waals surface area contributed by atoms with Crippen LogP contribution in [0.5, 0.6) is 17.2 Å². The van der Waals surface area contributed by atoms with Crippen molar-refractivity contribution in [2.45, 2.75) is 58.0 Å². The number of methoxy groups -OCH3 is 2. The summed E-state index contributed by atoms with van der Waals surface area (Å²) in [5, 5.41) is 5.09. The first-order valence-corrected chi connectivity index (χ1v) is 13.5. The van der Waals surface area contributed by atoms with Gasteiger partial charge in [0.1, 0.15) is 5.82 Å². The molecule has 0 radical (unpaired) electrons. The van der Waals surface area contributed by atoms with Gasteiger partial charge in [0, 0.05) is 16.0 Å². The highest BCUT2D eigenvalue weighted by Crippen LogP contribution is 2.39. The van der Waals surface area contributed by atoms with Gasteiger partial charge in [-0.3, -0.25) is 4.79 Å². The molecule has 0 bridgehead atoms. The minimum atomic E-state index is -0.864. The van der Waals surface area contributed by atoms with Crippen LogP contribution in [0.2, 0.25) is 0 Å². The molecule has 0 saturated heterocycles. The molecule has 3 aromatic rings. The molecule has 0 amide bonds. The van der Waals surface area contributed by atoms with E-state index in [0.717, 1.165) is 30.2 Å². The molecule has 2 aromatic carbocycles. The second-order valence-corrected chi connectivity index (χ2v) is 10.0. The van der Waals surface area contributed by atoms with Crippen molar-refractivity contribution >= 4 is 39.0 Å². The first-order valence-electron chi connectivity index (χ1n) is 12.7. The standard InChI is InChI=1S/C28H32BrN3O6/c1-5-37-28(34)17(2)38-25-23(35-3)13-18(14-24(25)36-4)16-30-32-26(19-9-7-6-8-10-19)31-22-12-11-20(29)15-21(22)27(32)33/h11-17,19H,5-10H2,1-4H3/t17-/m0/s1. The lowest BCUT2D eigenvalue weighted by Gasteiger charge is -2.22. The summed E-state index contributed by atoms with van der Waals surface area (Å²) in [6.07, 6.45) is 6.03. The number of aromatic nitrogens is 2. The van der Waals surface area contributed by atoms with Crippen molar-refractivity contribution in [3.05, 3.63) is 56.5 Å². The number of esters is 1. The van der Waals surface area contributed by atoms with Crippen LogP contribution in [0.3, 0.4) is 0 Å². The molecule has 4 rings (SSSR count). The molecule has 1 aliphatic rings. The molecule has 202 valence electrons. The minimum absolute atomic E-state index is 0.158. The van der Waals surface area contributed by atoms with Crippen LogP contribution in [0.1, 0.15) is 63.3 Å². The summed E-state index contributed by atoms with van der Waals surface area (Å²) in [6, 6.07) is 8.92. The predicted molar refractivity (Wildman–Crippen MR) is 149 cm³/mol. The van der Waals surface area contributed by atoms with Gasteiger partial charge in [0.05, 0.1) is 37.9 Å². The molecule has 1 aromatic heterocycles. The number of hydrogen-bond donors (Lipinski definition) is 0. The fourth-order valence-electron chi connectivity index (χ4n) is 4.60. The van der Waals surface area contributed by atoms with Crippen LogP contribution in [0.25, 0.3) is 10.9 Å². The summed E-state index contributed by atoms with van der Waals surface area (Å²) in [5.74, 6) is 1.30. The Kier molecular flexibility index (Phi) is 9.04. The molecule has 1 fully saturated rings. The molecule has 0 unspecified atom stereocenters. The Morgan fingerprint density at radius 1 is 1.16 bits per heavy atom. The number of halogens is 1. The maximum absolute atomic E-state index is 13.6. The number of rotatable bonds is 9. The van der Waals surface area contributed by atoms with Crippen molar-refractivity contribution in [3.8, 4) is 17.2 Å². The van der Waals surface area contributed by atoms with Gasteiger partial charge in [-0.1, -0.05) is 35.2 Å². The van der Waals surface area contributed by atoms with E-state index in [9.17, 15) is 9.59 Å². The van der Waals surface area contributed by atoms with Crippen molar-refractivity contribution in [1.82, 2.24) is 9.66 Å². The quantitative estimate of drug-likeness (QED) is 0.243. The van der Waals surface area contributed by atoms with E-state index in [1.807, 2.05) is 12.1 Å². The highest BCUT2D eigenvalue weighted by atomic mass is 79.9. The first-order chi connectivity index (χ1) is 18.4. The molecule has 1 heterocycles. The fraction of sp³-hybridized carbons (Fsp3) is 0.429. The Morgan fingerprint density at radius 2 is 1.84 bits per heavy atom. The van der Waals surface area contributed by atoms with E-state index in [4.69, 9.17) is 23.9 Å². The van der Waals surface area contributed by atoms with Crippen molar-refractivity contribution in [2.75, 3.05) is 20.8 Å². The van der Waals surface area contributed by atoms with E-state index in [2.05, 4.69) is 21.0 Å². The Labute approximate surface area is 229 Å². The predicted octanol–water partition coefficient (Wildman–Crippen LogP) is 5.44. The van der Waals surface area contributed by atoms with Crippen LogP contribution >= 0.6 is 15.9 Å². The molecular weight excluding hydrogens is 554 g/mol. The van der Waals surface area contributed by atoms with Gasteiger partial charge in [-0.05, 0) is 57.0 Å². The summed E-state index contributed by atoms with van der Waals surface area (Å²) in [7, 11) is 2.99. The largest absolute Gasteiger partial charge is 0.493 e. The molecule has 1 aliphatic carbocycles. The van der Waals surface area contributed by atoms with Gasteiger partial charge in [-0.2, -0.15) is 9.78 Å². The van der Waals surface area contributed by atoms with Crippen LogP contribution in [0.4, 0.5) is 0 Å². The Hall–Kier alpha value is -3.40.